The zero-order valence-corrected chi connectivity index (χ0v) is 70.7. The van der Waals surface area contributed by atoms with Crippen molar-refractivity contribution in [1.29, 1.82) is 0 Å². The van der Waals surface area contributed by atoms with E-state index in [0.717, 1.165) is 21.6 Å². The summed E-state index contributed by atoms with van der Waals surface area (Å²) >= 11 is 0. The van der Waals surface area contributed by atoms with Crippen LogP contribution in [0.4, 0.5) is 0 Å². The van der Waals surface area contributed by atoms with Crippen LogP contribution in [0.1, 0.15) is 173 Å². The van der Waals surface area contributed by atoms with Crippen LogP contribution in [0.2, 0.25) is 0 Å². The minimum absolute atomic E-state index is 0.0460. The van der Waals surface area contributed by atoms with Crippen molar-refractivity contribution in [3.05, 3.63) is 108 Å². The number of hydrogen-bond acceptors (Lipinski definition) is 16. The number of carbonyl (C=O) groups is 11. The number of rotatable bonds is 45. The third kappa shape index (κ3) is 28.7. The summed E-state index contributed by atoms with van der Waals surface area (Å²) < 4.78 is 31.7. The number of nitrogens with two attached hydrogens (primary N) is 1. The van der Waals surface area contributed by atoms with Crippen molar-refractivity contribution in [2.75, 3.05) is 62.2 Å². The largest absolute Gasteiger partial charge is 0.481 e. The zero-order chi connectivity index (χ0) is 83.6. The summed E-state index contributed by atoms with van der Waals surface area (Å²) in [5.41, 5.74) is 6.53. The molecule has 6 N–H and O–H groups in total. The van der Waals surface area contributed by atoms with Gasteiger partial charge < -0.3 is 74.9 Å². The highest BCUT2D eigenvalue weighted by Gasteiger charge is 2.48. The Kier molecular flexibility index (Phi) is 38.7. The molecule has 0 saturated heterocycles. The molecular weight excluding hydrogens is 1430 g/mol. The third-order valence-electron chi connectivity index (χ3n) is 19.9. The SMILES string of the molecule is CCC(=O)N(C)CC(=O)N(C)[C@@H](CC(C)C)C(=O)N[C@H](C(=O)N(C)[C@@H](CC(C)C)C(=O)N[C@@H](C)C(=O)N[C@H](C)C(=O)N(C)[C@@H](CC(C)C)C(=O)N(C)[C@@H](CC(C)C)C(=O)N(C)[C@H](C(=O)N(C)C(C(N)=O)[C@@](C)(O)[C@H](C)C/C=C/c1ccc(OCP(=O)(OCc2ccccc2)OCc2ccccc2)cc1)C(C)C)C(C)C. The van der Waals surface area contributed by atoms with Crippen molar-refractivity contribution in [3.63, 3.8) is 0 Å². The fourth-order valence-electron chi connectivity index (χ4n) is 13.0. The quantitative estimate of drug-likeness (QED) is 0.0330. The second kappa shape index (κ2) is 44.5. The van der Waals surface area contributed by atoms with Gasteiger partial charge in [0.2, 0.25) is 65.0 Å². The van der Waals surface area contributed by atoms with Crippen LogP contribution in [-0.2, 0) is 79.6 Å². The molecule has 3 aromatic rings. The van der Waals surface area contributed by atoms with Gasteiger partial charge in [-0.25, -0.2) is 0 Å². The Hall–Kier alpha value is -8.52. The van der Waals surface area contributed by atoms with Gasteiger partial charge in [-0.15, -0.1) is 0 Å². The molecule has 614 valence electrons. The highest BCUT2D eigenvalue weighted by atomic mass is 31.2. The molecule has 11 atom stereocenters. The number of allylic oxidation sites excluding steroid dienone is 1. The summed E-state index contributed by atoms with van der Waals surface area (Å²) in [5.74, 6) is -8.79. The highest BCUT2D eigenvalue weighted by molar-refractivity contribution is 7.53. The summed E-state index contributed by atoms with van der Waals surface area (Å²) in [6.45, 7) is 29.4. The number of amides is 11. The first-order valence-electron chi connectivity index (χ1n) is 38.3. The van der Waals surface area contributed by atoms with E-state index in [1.54, 1.807) is 65.8 Å². The smallest absolute Gasteiger partial charge is 0.368 e. The Bertz CT molecular complexity index is 3550. The van der Waals surface area contributed by atoms with Gasteiger partial charge in [0.15, 0.2) is 6.35 Å². The van der Waals surface area contributed by atoms with E-state index in [4.69, 9.17) is 19.5 Å². The van der Waals surface area contributed by atoms with Crippen molar-refractivity contribution in [1.82, 2.24) is 50.2 Å². The number of nitrogens with zero attached hydrogens (tertiary/aromatic N) is 7. The van der Waals surface area contributed by atoms with E-state index in [2.05, 4.69) is 16.0 Å². The van der Waals surface area contributed by atoms with Gasteiger partial charge in [-0.1, -0.05) is 182 Å². The minimum Gasteiger partial charge on any atom is -0.481 e. The summed E-state index contributed by atoms with van der Waals surface area (Å²) in [6.07, 6.45) is 4.35. The fourth-order valence-corrected chi connectivity index (χ4v) is 14.2. The predicted molar refractivity (Wildman–Crippen MR) is 427 cm³/mol. The molecule has 3 rings (SSSR count). The van der Waals surface area contributed by atoms with Gasteiger partial charge in [0.1, 0.15) is 60.1 Å². The van der Waals surface area contributed by atoms with E-state index in [-0.39, 0.29) is 94.2 Å². The normalized spacial score (nSPS) is 15.1. The van der Waals surface area contributed by atoms with Crippen molar-refractivity contribution in [2.45, 2.75) is 229 Å². The zero-order valence-electron chi connectivity index (χ0n) is 69.8. The van der Waals surface area contributed by atoms with E-state index in [0.29, 0.717) is 5.75 Å². The number of benzene rings is 3. The molecule has 3 aromatic carbocycles. The first-order chi connectivity index (χ1) is 51.2. The molecule has 0 aliphatic heterocycles. The average Bonchev–Trinajstić information content (AvgIpc) is 0.775. The Labute approximate surface area is 654 Å². The Morgan fingerprint density at radius 2 is 0.927 bits per heavy atom. The summed E-state index contributed by atoms with van der Waals surface area (Å²) in [5, 5.41) is 20.5. The number of aliphatic hydroxyl groups is 1. The van der Waals surface area contributed by atoms with Crippen molar-refractivity contribution in [2.24, 2.45) is 47.2 Å². The van der Waals surface area contributed by atoms with Crippen LogP contribution in [0, 0.1) is 41.4 Å². The number of likely N-dealkylation sites (N-methyl/N-ethyl adjacent to an activating group) is 7. The monoisotopic (exact) mass is 1560 g/mol. The predicted octanol–water partition coefficient (Wildman–Crippen LogP) is 8.75. The maximum Gasteiger partial charge on any atom is 0.368 e. The summed E-state index contributed by atoms with van der Waals surface area (Å²) in [7, 11) is 6.33. The molecule has 11 amide bonds. The lowest BCUT2D eigenvalue weighted by Gasteiger charge is -2.44. The van der Waals surface area contributed by atoms with Crippen molar-refractivity contribution in [3.8, 4) is 5.75 Å². The third-order valence-corrected chi connectivity index (χ3v) is 21.4. The van der Waals surface area contributed by atoms with Crippen LogP contribution >= 0.6 is 7.60 Å². The first-order valence-corrected chi connectivity index (χ1v) is 40.1. The van der Waals surface area contributed by atoms with Gasteiger partial charge >= 0.3 is 7.60 Å². The van der Waals surface area contributed by atoms with Gasteiger partial charge in [0.05, 0.1) is 25.4 Å². The van der Waals surface area contributed by atoms with Crippen LogP contribution in [0.15, 0.2) is 91.0 Å². The molecule has 28 heteroatoms. The van der Waals surface area contributed by atoms with Crippen molar-refractivity contribution >= 4 is 78.7 Å². The molecule has 27 nitrogen and oxygen atoms in total. The van der Waals surface area contributed by atoms with E-state index in [9.17, 15) is 52.8 Å². The molecule has 110 heavy (non-hydrogen) atoms. The standard InChI is InChI=1S/C82H130N11O16P/c1-25-68(94)87(18)47-69(95)88(19)64(43-51(2)3)76(99)86-70(55(10)11)80(103)89(20)65(44-52(4)5)75(98)84-58(15)74(97)85-59(16)77(100)90(21)66(45-53(6)7)78(101)91(22)67(46-54(8)9)79(102)92(23)71(56(12)13)81(104)93(24)72(73(83)96)82(17,105)57(14)33-32-38-60-39-41-63(42-40-60)107-50-110(106,108-48-61-34-28-26-29-35-61)109-49-62-36-30-27-31-37-62/h26-32,34-42,51-59,64-67,70-72,105H,25,33,43-50H2,1-24H3,(H2,83,96)(H,84,98)(H,85,97)(H,86,99)/b38-32+/t57-,58+,59-,64+,65+,66+,67+,70+,71+,72?,82+/m1/s1. The molecule has 0 aliphatic carbocycles. The fraction of sp³-hybridized carbons (Fsp3) is 0.622. The molecule has 0 spiro atoms. The van der Waals surface area contributed by atoms with Crippen LogP contribution in [0.25, 0.3) is 6.08 Å². The maximum absolute atomic E-state index is 15.2. The van der Waals surface area contributed by atoms with Crippen LogP contribution in [0.5, 0.6) is 5.75 Å². The molecule has 0 heterocycles. The van der Waals surface area contributed by atoms with Crippen LogP contribution in [-0.4, -0.2) is 227 Å². The van der Waals surface area contributed by atoms with Gasteiger partial charge in [-0.2, -0.15) is 0 Å². The molecule has 0 saturated carbocycles. The Morgan fingerprint density at radius 3 is 1.37 bits per heavy atom. The highest BCUT2D eigenvalue weighted by Crippen LogP contribution is 2.50. The lowest BCUT2D eigenvalue weighted by molar-refractivity contribution is -0.160. The van der Waals surface area contributed by atoms with E-state index >= 15 is 9.59 Å². The van der Waals surface area contributed by atoms with Crippen LogP contribution in [0.3, 0.4) is 0 Å². The van der Waals surface area contributed by atoms with E-state index in [1.807, 2.05) is 128 Å². The van der Waals surface area contributed by atoms with Gasteiger partial charge in [-0.05, 0) is 123 Å². The Morgan fingerprint density at radius 1 is 0.500 bits per heavy atom. The molecule has 0 radical (unpaired) electrons. The molecule has 0 fully saturated rings. The van der Waals surface area contributed by atoms with Crippen LogP contribution < -0.4 is 26.4 Å². The topological polar surface area (TPSA) is 338 Å². The molecular formula is C82H130N11O16P. The summed E-state index contributed by atoms with van der Waals surface area (Å²) in [4.78, 5) is 165. The number of ether oxygens (including phenoxy) is 1. The van der Waals surface area contributed by atoms with Crippen molar-refractivity contribution < 1.29 is 76.2 Å². The summed E-state index contributed by atoms with van der Waals surface area (Å²) in [6, 6.07) is 14.6. The second-order valence-electron chi connectivity index (χ2n) is 31.9. The molecule has 1 unspecified atom stereocenters. The minimum atomic E-state index is -3.77. The lowest BCUT2D eigenvalue weighted by atomic mass is 9.80. The lowest BCUT2D eigenvalue weighted by Crippen LogP contribution is -2.65. The number of carbonyl (C=O) groups excluding carboxylic acids is 11. The molecule has 0 aromatic heterocycles. The average molecular weight is 1560 g/mol. The molecule has 0 bridgehead atoms. The Balaban J connectivity index is 1.80. The molecule has 0 aliphatic rings. The number of nitrogens with one attached hydrogen (secondary N) is 3. The van der Waals surface area contributed by atoms with E-state index in [1.165, 1.54) is 99.5 Å². The van der Waals surface area contributed by atoms with Gasteiger partial charge in [0, 0.05) is 55.8 Å². The number of hydrogen-bond donors (Lipinski definition) is 5. The van der Waals surface area contributed by atoms with Gasteiger partial charge in [-0.3, -0.25) is 57.3 Å². The first kappa shape index (κ1) is 95.7. The number of primary amides is 1. The maximum atomic E-state index is 15.2. The van der Waals surface area contributed by atoms with Gasteiger partial charge in [0.25, 0.3) is 0 Å². The second-order valence-corrected chi connectivity index (χ2v) is 33.9. The van der Waals surface area contributed by atoms with E-state index < -0.39 is 144 Å².